The number of pyridine rings is 1. The van der Waals surface area contributed by atoms with E-state index in [1.807, 2.05) is 6.07 Å². The minimum absolute atomic E-state index is 0.200. The number of nitriles is 1. The summed E-state index contributed by atoms with van der Waals surface area (Å²) in [6, 6.07) is 14.1. The van der Waals surface area contributed by atoms with Crippen LogP contribution in [0.1, 0.15) is 15.9 Å². The summed E-state index contributed by atoms with van der Waals surface area (Å²) in [5, 5.41) is 11.9. The summed E-state index contributed by atoms with van der Waals surface area (Å²) in [6.45, 7) is 0. The van der Waals surface area contributed by atoms with Gasteiger partial charge in [0, 0.05) is 28.4 Å². The third-order valence-electron chi connectivity index (χ3n) is 3.30. The summed E-state index contributed by atoms with van der Waals surface area (Å²) in [4.78, 5) is 16.0. The van der Waals surface area contributed by atoms with E-state index < -0.39 is 11.7 Å². The molecule has 0 fully saturated rings. The van der Waals surface area contributed by atoms with Crippen LogP contribution in [-0.4, -0.2) is 10.9 Å². The Hall–Kier alpha value is -3.43. The van der Waals surface area contributed by atoms with Crippen LogP contribution in [0.4, 0.5) is 10.1 Å². The van der Waals surface area contributed by atoms with E-state index in [-0.39, 0.29) is 5.75 Å². The van der Waals surface area contributed by atoms with Crippen molar-refractivity contribution in [3.63, 3.8) is 0 Å². The Labute approximate surface area is 153 Å². The van der Waals surface area contributed by atoms with Crippen molar-refractivity contribution in [3.8, 4) is 17.6 Å². The number of rotatable bonds is 4. The number of anilines is 1. The summed E-state index contributed by atoms with van der Waals surface area (Å²) < 4.78 is 18.7. The maximum atomic E-state index is 13.2. The number of ether oxygens (including phenoxy) is 1. The molecule has 0 spiro atoms. The summed E-state index contributed by atoms with van der Waals surface area (Å²) >= 11 is 6.06. The lowest BCUT2D eigenvalue weighted by atomic mass is 10.1. The second-order valence-electron chi connectivity index (χ2n) is 5.26. The number of nitrogens with zero attached hydrogens (tertiary/aromatic N) is 2. The van der Waals surface area contributed by atoms with Crippen LogP contribution in [0.3, 0.4) is 0 Å². The summed E-state index contributed by atoms with van der Waals surface area (Å²) in [6.07, 6.45) is 2.42. The van der Waals surface area contributed by atoms with E-state index in [4.69, 9.17) is 21.6 Å². The van der Waals surface area contributed by atoms with Crippen molar-refractivity contribution in [2.75, 3.05) is 5.32 Å². The molecule has 1 heterocycles. The van der Waals surface area contributed by atoms with Crippen LogP contribution < -0.4 is 10.1 Å². The first-order valence-electron chi connectivity index (χ1n) is 7.44. The molecule has 128 valence electrons. The van der Waals surface area contributed by atoms with Gasteiger partial charge in [-0.3, -0.25) is 9.78 Å². The minimum Gasteiger partial charge on any atom is -0.456 e. The number of hydrogen-bond acceptors (Lipinski definition) is 4. The van der Waals surface area contributed by atoms with Crippen LogP contribution in [0.25, 0.3) is 0 Å². The van der Waals surface area contributed by atoms with E-state index in [0.717, 1.165) is 6.20 Å². The number of benzene rings is 2. The molecule has 0 radical (unpaired) electrons. The lowest BCUT2D eigenvalue weighted by Crippen LogP contribution is -2.12. The average Bonchev–Trinajstić information content (AvgIpc) is 2.61. The molecule has 0 aliphatic carbocycles. The average molecular weight is 368 g/mol. The second-order valence-corrected chi connectivity index (χ2v) is 5.70. The molecule has 3 aromatic rings. The Bertz CT molecular complexity index is 1020. The molecule has 2 aromatic carbocycles. The monoisotopic (exact) mass is 367 g/mol. The van der Waals surface area contributed by atoms with Crippen molar-refractivity contribution in [3.05, 3.63) is 82.9 Å². The van der Waals surface area contributed by atoms with E-state index in [2.05, 4.69) is 10.3 Å². The number of carbonyl (C=O) groups excluding carboxylic acids is 1. The Morgan fingerprint density at radius 3 is 2.77 bits per heavy atom. The smallest absolute Gasteiger partial charge is 0.255 e. The third kappa shape index (κ3) is 4.35. The second kappa shape index (κ2) is 7.64. The fourth-order valence-corrected chi connectivity index (χ4v) is 2.44. The van der Waals surface area contributed by atoms with Gasteiger partial charge in [-0.1, -0.05) is 17.7 Å². The highest BCUT2D eigenvalue weighted by Gasteiger charge is 2.09. The van der Waals surface area contributed by atoms with Crippen molar-refractivity contribution in [1.29, 1.82) is 5.26 Å². The molecule has 0 unspecified atom stereocenters. The van der Waals surface area contributed by atoms with Crippen LogP contribution in [0.5, 0.6) is 11.5 Å². The number of halogens is 2. The lowest BCUT2D eigenvalue weighted by Gasteiger charge is -2.10. The summed E-state index contributed by atoms with van der Waals surface area (Å²) in [5.74, 6) is -0.421. The highest BCUT2D eigenvalue weighted by molar-refractivity contribution is 6.31. The number of amides is 1. The molecule has 0 saturated heterocycles. The molecule has 0 saturated carbocycles. The van der Waals surface area contributed by atoms with Gasteiger partial charge in [0.1, 0.15) is 17.3 Å². The number of carbonyl (C=O) groups is 1. The first-order valence-corrected chi connectivity index (χ1v) is 7.82. The Balaban J connectivity index is 1.81. The molecule has 1 N–H and O–H groups in total. The molecule has 0 aliphatic heterocycles. The third-order valence-corrected chi connectivity index (χ3v) is 3.52. The normalized spacial score (nSPS) is 10.0. The number of aromatic nitrogens is 1. The molecular weight excluding hydrogens is 357 g/mol. The molecule has 26 heavy (non-hydrogen) atoms. The predicted molar refractivity (Wildman–Crippen MR) is 94.8 cm³/mol. The standard InChI is InChI=1S/C19H11ClFN3O2/c20-14-5-16(24-19(25)13-3-1-2-12(4-13)9-22)8-17(6-14)26-18-7-15(21)10-23-11-18/h1-8,10-11H,(H,24,25). The SMILES string of the molecule is N#Cc1cccc(C(=O)Nc2cc(Cl)cc(Oc3cncc(F)c3)c2)c1. The Morgan fingerprint density at radius 1 is 1.15 bits per heavy atom. The largest absolute Gasteiger partial charge is 0.456 e. The fraction of sp³-hybridized carbons (Fsp3) is 0. The van der Waals surface area contributed by atoms with Gasteiger partial charge in [0.15, 0.2) is 0 Å². The van der Waals surface area contributed by atoms with Crippen molar-refractivity contribution >= 4 is 23.2 Å². The summed E-state index contributed by atoms with van der Waals surface area (Å²) in [7, 11) is 0. The van der Waals surface area contributed by atoms with E-state index in [1.54, 1.807) is 30.3 Å². The van der Waals surface area contributed by atoms with E-state index in [1.165, 1.54) is 24.4 Å². The van der Waals surface area contributed by atoms with Crippen molar-refractivity contribution in [1.82, 2.24) is 4.98 Å². The zero-order chi connectivity index (χ0) is 18.5. The highest BCUT2D eigenvalue weighted by Crippen LogP contribution is 2.28. The maximum absolute atomic E-state index is 13.2. The van der Waals surface area contributed by atoms with Gasteiger partial charge in [-0.25, -0.2) is 4.39 Å². The quantitative estimate of drug-likeness (QED) is 0.719. The van der Waals surface area contributed by atoms with Crippen molar-refractivity contribution < 1.29 is 13.9 Å². The molecule has 7 heteroatoms. The first kappa shape index (κ1) is 17.4. The number of hydrogen-bond donors (Lipinski definition) is 1. The van der Waals surface area contributed by atoms with Gasteiger partial charge in [-0.2, -0.15) is 5.26 Å². The molecule has 0 aliphatic rings. The summed E-state index contributed by atoms with van der Waals surface area (Å²) in [5.41, 5.74) is 1.11. The van der Waals surface area contributed by atoms with Crippen LogP contribution in [-0.2, 0) is 0 Å². The molecule has 5 nitrogen and oxygen atoms in total. The van der Waals surface area contributed by atoms with Gasteiger partial charge < -0.3 is 10.1 Å². The predicted octanol–water partition coefficient (Wildman–Crippen LogP) is 4.79. The van der Waals surface area contributed by atoms with E-state index >= 15 is 0 Å². The van der Waals surface area contributed by atoms with E-state index in [0.29, 0.717) is 27.6 Å². The Kier molecular flexibility index (Phi) is 5.11. The topological polar surface area (TPSA) is 75.0 Å². The van der Waals surface area contributed by atoms with Gasteiger partial charge in [-0.15, -0.1) is 0 Å². The highest BCUT2D eigenvalue weighted by atomic mass is 35.5. The zero-order valence-corrected chi connectivity index (χ0v) is 14.0. The molecule has 0 atom stereocenters. The van der Waals surface area contributed by atoms with Gasteiger partial charge >= 0.3 is 0 Å². The van der Waals surface area contributed by atoms with Gasteiger partial charge in [0.2, 0.25) is 0 Å². The minimum atomic E-state index is -0.532. The number of nitrogens with one attached hydrogen (secondary N) is 1. The van der Waals surface area contributed by atoms with Gasteiger partial charge in [0.05, 0.1) is 24.0 Å². The lowest BCUT2D eigenvalue weighted by molar-refractivity contribution is 0.102. The molecule has 1 aromatic heterocycles. The van der Waals surface area contributed by atoms with Crippen molar-refractivity contribution in [2.45, 2.75) is 0 Å². The van der Waals surface area contributed by atoms with E-state index in [9.17, 15) is 9.18 Å². The van der Waals surface area contributed by atoms with Gasteiger partial charge in [-0.05, 0) is 30.3 Å². The molecule has 3 rings (SSSR count). The zero-order valence-electron chi connectivity index (χ0n) is 13.2. The van der Waals surface area contributed by atoms with Crippen molar-refractivity contribution in [2.24, 2.45) is 0 Å². The van der Waals surface area contributed by atoms with Crippen LogP contribution in [0.15, 0.2) is 60.9 Å². The molecular formula is C19H11ClFN3O2. The van der Waals surface area contributed by atoms with Crippen LogP contribution >= 0.6 is 11.6 Å². The van der Waals surface area contributed by atoms with Gasteiger partial charge in [0.25, 0.3) is 5.91 Å². The van der Waals surface area contributed by atoms with Crippen LogP contribution in [0, 0.1) is 17.1 Å². The maximum Gasteiger partial charge on any atom is 0.255 e. The fourth-order valence-electron chi connectivity index (χ4n) is 2.21. The first-order chi connectivity index (χ1) is 12.5. The molecule has 1 amide bonds. The Morgan fingerprint density at radius 2 is 2.00 bits per heavy atom. The molecule has 0 bridgehead atoms. The van der Waals surface area contributed by atoms with Crippen LogP contribution in [0.2, 0.25) is 5.02 Å².